The van der Waals surface area contributed by atoms with Gasteiger partial charge in [0.25, 0.3) is 0 Å². The van der Waals surface area contributed by atoms with Crippen LogP contribution in [0.5, 0.6) is 0 Å². The van der Waals surface area contributed by atoms with Crippen molar-refractivity contribution in [2.24, 2.45) is 0 Å². The summed E-state index contributed by atoms with van der Waals surface area (Å²) in [5.74, 6) is -1.05. The molecule has 0 amide bonds. The summed E-state index contributed by atoms with van der Waals surface area (Å²) in [4.78, 5) is 0. The SMILES string of the molecule is CC1(C)O[C@@H](COS(=O)(=O)C(F)(F)F)[C@H](C[n+]2ccccc2)O1. The highest BCUT2D eigenvalue weighted by Crippen LogP contribution is 2.30. The van der Waals surface area contributed by atoms with E-state index in [9.17, 15) is 21.6 Å². The van der Waals surface area contributed by atoms with Gasteiger partial charge in [0, 0.05) is 12.1 Å². The summed E-state index contributed by atoms with van der Waals surface area (Å²) in [6.45, 7) is 2.69. The fourth-order valence-electron chi connectivity index (χ4n) is 2.19. The molecule has 0 saturated carbocycles. The van der Waals surface area contributed by atoms with Crippen LogP contribution in [0, 0.1) is 0 Å². The zero-order valence-electron chi connectivity index (χ0n) is 12.5. The molecule has 1 aliphatic rings. The van der Waals surface area contributed by atoms with Gasteiger partial charge in [-0.15, -0.1) is 0 Å². The van der Waals surface area contributed by atoms with Crippen molar-refractivity contribution in [3.05, 3.63) is 30.6 Å². The minimum Gasteiger partial charge on any atom is -0.342 e. The van der Waals surface area contributed by atoms with Gasteiger partial charge in [-0.2, -0.15) is 21.6 Å². The van der Waals surface area contributed by atoms with Crippen molar-refractivity contribution in [2.75, 3.05) is 6.61 Å². The lowest BCUT2D eigenvalue weighted by Gasteiger charge is -2.16. The summed E-state index contributed by atoms with van der Waals surface area (Å²) < 4.78 is 75.8. The quantitative estimate of drug-likeness (QED) is 0.453. The molecule has 23 heavy (non-hydrogen) atoms. The molecule has 1 saturated heterocycles. The summed E-state index contributed by atoms with van der Waals surface area (Å²) in [5.41, 5.74) is -5.47. The van der Waals surface area contributed by atoms with E-state index in [-0.39, 0.29) is 6.54 Å². The number of hydrogen-bond donors (Lipinski definition) is 0. The molecule has 0 spiro atoms. The topological polar surface area (TPSA) is 65.7 Å². The van der Waals surface area contributed by atoms with Crippen LogP contribution < -0.4 is 4.57 Å². The fraction of sp³-hybridized carbons (Fsp3) is 0.615. The Morgan fingerprint density at radius 2 is 1.70 bits per heavy atom. The molecule has 0 bridgehead atoms. The molecule has 0 radical (unpaired) electrons. The maximum atomic E-state index is 12.3. The number of aromatic nitrogens is 1. The number of alkyl halides is 3. The third-order valence-corrected chi connectivity index (χ3v) is 4.14. The molecule has 1 aromatic heterocycles. The van der Waals surface area contributed by atoms with Gasteiger partial charge >= 0.3 is 15.6 Å². The van der Waals surface area contributed by atoms with Gasteiger partial charge in [0.05, 0.1) is 6.61 Å². The van der Waals surface area contributed by atoms with Crippen LogP contribution in [0.1, 0.15) is 13.8 Å². The predicted molar refractivity (Wildman–Crippen MR) is 71.4 cm³/mol. The number of ether oxygens (including phenoxy) is 2. The van der Waals surface area contributed by atoms with Crippen molar-refractivity contribution < 1.29 is 39.8 Å². The van der Waals surface area contributed by atoms with Gasteiger partial charge in [0.15, 0.2) is 24.7 Å². The van der Waals surface area contributed by atoms with E-state index >= 15 is 0 Å². The highest BCUT2D eigenvalue weighted by atomic mass is 32.2. The van der Waals surface area contributed by atoms with Crippen LogP contribution in [0.2, 0.25) is 0 Å². The summed E-state index contributed by atoms with van der Waals surface area (Å²) >= 11 is 0. The number of halogens is 3. The van der Waals surface area contributed by atoms with Crippen LogP contribution in [-0.2, 0) is 30.3 Å². The van der Waals surface area contributed by atoms with E-state index in [4.69, 9.17) is 9.47 Å². The van der Waals surface area contributed by atoms with Gasteiger partial charge in [0.2, 0.25) is 0 Å². The molecule has 130 valence electrons. The van der Waals surface area contributed by atoms with Crippen molar-refractivity contribution in [3.63, 3.8) is 0 Å². The molecule has 0 unspecified atom stereocenters. The first-order valence-electron chi connectivity index (χ1n) is 6.76. The Morgan fingerprint density at radius 3 is 2.26 bits per heavy atom. The molecule has 2 atom stereocenters. The smallest absolute Gasteiger partial charge is 0.342 e. The van der Waals surface area contributed by atoms with Gasteiger partial charge in [-0.25, -0.2) is 4.57 Å². The van der Waals surface area contributed by atoms with E-state index in [1.165, 1.54) is 0 Å². The molecule has 1 aromatic rings. The number of pyridine rings is 1. The average Bonchev–Trinajstić information content (AvgIpc) is 2.71. The lowest BCUT2D eigenvalue weighted by molar-refractivity contribution is -0.704. The summed E-state index contributed by atoms with van der Waals surface area (Å²) in [5, 5.41) is 0. The summed E-state index contributed by atoms with van der Waals surface area (Å²) in [7, 11) is -5.66. The van der Waals surface area contributed by atoms with E-state index in [0.29, 0.717) is 0 Å². The van der Waals surface area contributed by atoms with E-state index in [1.807, 2.05) is 6.07 Å². The molecule has 1 aliphatic heterocycles. The molecule has 6 nitrogen and oxygen atoms in total. The van der Waals surface area contributed by atoms with Crippen LogP contribution in [0.15, 0.2) is 30.6 Å². The molecule has 2 heterocycles. The van der Waals surface area contributed by atoms with E-state index in [1.54, 1.807) is 42.9 Å². The second-order valence-electron chi connectivity index (χ2n) is 5.47. The monoisotopic (exact) mass is 356 g/mol. The van der Waals surface area contributed by atoms with Crippen LogP contribution in [0.3, 0.4) is 0 Å². The first kappa shape index (κ1) is 18.1. The highest BCUT2D eigenvalue weighted by molar-refractivity contribution is 7.87. The first-order chi connectivity index (χ1) is 10.5. The summed E-state index contributed by atoms with van der Waals surface area (Å²) in [6, 6.07) is 5.37. The largest absolute Gasteiger partial charge is 0.523 e. The first-order valence-corrected chi connectivity index (χ1v) is 8.16. The zero-order valence-corrected chi connectivity index (χ0v) is 13.3. The van der Waals surface area contributed by atoms with Gasteiger partial charge in [-0.3, -0.25) is 4.18 Å². The second kappa shape index (κ2) is 6.34. The maximum Gasteiger partial charge on any atom is 0.523 e. The molecular formula is C13H17F3NO5S+. The van der Waals surface area contributed by atoms with Gasteiger partial charge < -0.3 is 9.47 Å². The van der Waals surface area contributed by atoms with Crippen molar-refractivity contribution >= 4 is 10.1 Å². The standard InChI is InChI=1S/C13H17F3NO5S/c1-12(2)21-10(8-17-6-4-3-5-7-17)11(22-12)9-20-23(18,19)13(14,15)16/h3-7,10-11H,8-9H2,1-2H3/q+1/t10-,11-/m0/s1. The van der Waals surface area contributed by atoms with Gasteiger partial charge in [-0.1, -0.05) is 6.07 Å². The molecule has 0 N–H and O–H groups in total. The van der Waals surface area contributed by atoms with Crippen molar-refractivity contribution in [3.8, 4) is 0 Å². The van der Waals surface area contributed by atoms with Crippen molar-refractivity contribution in [2.45, 2.75) is 43.9 Å². The molecule has 10 heteroatoms. The normalized spacial score (nSPS) is 24.7. The third-order valence-electron chi connectivity index (χ3n) is 3.12. The molecule has 0 aromatic carbocycles. The number of rotatable bonds is 5. The zero-order chi connectivity index (χ0) is 17.3. The van der Waals surface area contributed by atoms with Crippen LogP contribution in [0.4, 0.5) is 13.2 Å². The minimum atomic E-state index is -5.66. The second-order valence-corrected chi connectivity index (χ2v) is 7.08. The lowest BCUT2D eigenvalue weighted by Crippen LogP contribution is -2.44. The Kier molecular flexibility index (Phi) is 5.00. The van der Waals surface area contributed by atoms with Crippen LogP contribution in [0.25, 0.3) is 0 Å². The van der Waals surface area contributed by atoms with Gasteiger partial charge in [-0.05, 0) is 13.8 Å². The molecule has 2 rings (SSSR count). The summed E-state index contributed by atoms with van der Waals surface area (Å²) in [6.07, 6.45) is 1.90. The number of hydrogen-bond acceptors (Lipinski definition) is 5. The fourth-order valence-corrected chi connectivity index (χ4v) is 2.64. The van der Waals surface area contributed by atoms with Gasteiger partial charge in [0.1, 0.15) is 12.2 Å². The maximum absolute atomic E-state index is 12.3. The Hall–Kier alpha value is -1.23. The van der Waals surface area contributed by atoms with Crippen LogP contribution in [-0.4, -0.2) is 38.5 Å². The Bertz CT molecular complexity index is 633. The van der Waals surface area contributed by atoms with Crippen molar-refractivity contribution in [1.82, 2.24) is 0 Å². The van der Waals surface area contributed by atoms with E-state index in [0.717, 1.165) is 0 Å². The molecule has 1 fully saturated rings. The van der Waals surface area contributed by atoms with Crippen LogP contribution >= 0.6 is 0 Å². The van der Waals surface area contributed by atoms with E-state index in [2.05, 4.69) is 4.18 Å². The Morgan fingerprint density at radius 1 is 1.13 bits per heavy atom. The third kappa shape index (κ3) is 4.63. The Labute approximate surface area is 131 Å². The minimum absolute atomic E-state index is 0.282. The molecular weight excluding hydrogens is 339 g/mol. The average molecular weight is 356 g/mol. The number of nitrogens with zero attached hydrogens (tertiary/aromatic N) is 1. The lowest BCUT2D eigenvalue weighted by atomic mass is 10.2. The predicted octanol–water partition coefficient (Wildman–Crippen LogP) is 1.36. The van der Waals surface area contributed by atoms with E-state index < -0.39 is 40.2 Å². The highest BCUT2D eigenvalue weighted by Gasteiger charge is 2.50. The van der Waals surface area contributed by atoms with Crippen molar-refractivity contribution in [1.29, 1.82) is 0 Å². The molecule has 0 aliphatic carbocycles. The Balaban J connectivity index is 2.06.